The summed E-state index contributed by atoms with van der Waals surface area (Å²) in [4.78, 5) is 0. The lowest BCUT2D eigenvalue weighted by Gasteiger charge is -2.65. The van der Waals surface area contributed by atoms with Crippen molar-refractivity contribution in [1.29, 1.82) is 0 Å². The summed E-state index contributed by atoms with van der Waals surface area (Å²) in [6.07, 6.45) is 8.44. The van der Waals surface area contributed by atoms with Crippen molar-refractivity contribution in [2.75, 3.05) is 6.79 Å². The van der Waals surface area contributed by atoms with Crippen molar-refractivity contribution in [3.05, 3.63) is 23.8 Å². The molecule has 0 saturated heterocycles. The molecular formula is C20H27NO2. The summed E-state index contributed by atoms with van der Waals surface area (Å²) in [6, 6.07) is 6.35. The standard InChI is InChI=1S/C20H27NO2/c1-18-6-15-7-19(2,10-18)12-20(8-15,11-18)21-9-14-3-4-16-17(5-14)23-13-22-16/h3-5,15,21H,6-13H2,1-2H3. The Bertz CT molecular complexity index is 637. The molecule has 5 aliphatic rings. The smallest absolute Gasteiger partial charge is 0.231 e. The molecule has 0 aromatic heterocycles. The lowest BCUT2D eigenvalue weighted by atomic mass is 9.43. The van der Waals surface area contributed by atoms with Gasteiger partial charge in [-0.1, -0.05) is 19.9 Å². The number of hydrogen-bond donors (Lipinski definition) is 1. The van der Waals surface area contributed by atoms with Crippen LogP contribution in [0.3, 0.4) is 0 Å². The van der Waals surface area contributed by atoms with E-state index < -0.39 is 0 Å². The number of rotatable bonds is 3. The highest BCUT2D eigenvalue weighted by molar-refractivity contribution is 5.44. The third-order valence-corrected chi connectivity index (χ3v) is 6.73. The number of benzene rings is 1. The summed E-state index contributed by atoms with van der Waals surface area (Å²) >= 11 is 0. The number of fused-ring (bicyclic) bond motifs is 1. The number of nitrogens with one attached hydrogen (secondary N) is 1. The Labute approximate surface area is 138 Å². The summed E-state index contributed by atoms with van der Waals surface area (Å²) in [5.74, 6) is 2.71. The highest BCUT2D eigenvalue weighted by Gasteiger charge is 2.59. The zero-order chi connectivity index (χ0) is 15.7. The quantitative estimate of drug-likeness (QED) is 0.904. The van der Waals surface area contributed by atoms with Crippen LogP contribution in [-0.4, -0.2) is 12.3 Å². The summed E-state index contributed by atoms with van der Waals surface area (Å²) in [7, 11) is 0. The molecule has 4 fully saturated rings. The van der Waals surface area contributed by atoms with E-state index in [1.54, 1.807) is 0 Å². The SMILES string of the molecule is CC12CC3CC(C)(C1)CC(NCc1ccc4c(c1)OCO4)(C3)C2. The van der Waals surface area contributed by atoms with Gasteiger partial charge < -0.3 is 14.8 Å². The van der Waals surface area contributed by atoms with Gasteiger partial charge in [0.05, 0.1) is 0 Å². The van der Waals surface area contributed by atoms with E-state index in [1.807, 2.05) is 6.07 Å². The fraction of sp³-hybridized carbons (Fsp3) is 0.700. The lowest BCUT2D eigenvalue weighted by molar-refractivity contribution is -0.118. The molecular weight excluding hydrogens is 286 g/mol. The molecule has 1 aromatic rings. The molecule has 4 aliphatic carbocycles. The third-order valence-electron chi connectivity index (χ3n) is 6.73. The molecule has 1 N–H and O–H groups in total. The maximum atomic E-state index is 5.52. The topological polar surface area (TPSA) is 30.5 Å². The van der Waals surface area contributed by atoms with E-state index in [1.165, 1.54) is 44.1 Å². The minimum Gasteiger partial charge on any atom is -0.454 e. The van der Waals surface area contributed by atoms with Gasteiger partial charge in [0.2, 0.25) is 6.79 Å². The number of hydrogen-bond acceptors (Lipinski definition) is 3. The van der Waals surface area contributed by atoms with Gasteiger partial charge in [0, 0.05) is 12.1 Å². The van der Waals surface area contributed by atoms with E-state index in [0.29, 0.717) is 23.2 Å². The molecule has 3 nitrogen and oxygen atoms in total. The molecule has 0 radical (unpaired) electrons. The normalized spacial score (nSPS) is 43.1. The van der Waals surface area contributed by atoms with Crippen LogP contribution in [0.1, 0.15) is 57.9 Å². The molecule has 6 rings (SSSR count). The van der Waals surface area contributed by atoms with Crippen LogP contribution in [0, 0.1) is 16.7 Å². The second kappa shape index (κ2) is 4.44. The average Bonchev–Trinajstić information content (AvgIpc) is 2.88. The predicted octanol–water partition coefficient (Wildman–Crippen LogP) is 4.25. The molecule has 0 spiro atoms. The van der Waals surface area contributed by atoms with Crippen LogP contribution in [0.15, 0.2) is 18.2 Å². The third kappa shape index (κ3) is 2.27. The fourth-order valence-corrected chi connectivity index (χ4v) is 6.99. The van der Waals surface area contributed by atoms with Crippen molar-refractivity contribution < 1.29 is 9.47 Å². The van der Waals surface area contributed by atoms with Crippen molar-refractivity contribution in [2.24, 2.45) is 16.7 Å². The molecule has 23 heavy (non-hydrogen) atoms. The minimum atomic E-state index is 0.356. The van der Waals surface area contributed by atoms with Crippen LogP contribution < -0.4 is 14.8 Å². The summed E-state index contributed by atoms with van der Waals surface area (Å²) < 4.78 is 10.9. The van der Waals surface area contributed by atoms with E-state index in [4.69, 9.17) is 9.47 Å². The first-order valence-corrected chi connectivity index (χ1v) is 9.09. The zero-order valence-corrected chi connectivity index (χ0v) is 14.3. The Balaban J connectivity index is 1.36. The van der Waals surface area contributed by atoms with Crippen molar-refractivity contribution in [3.8, 4) is 11.5 Å². The van der Waals surface area contributed by atoms with E-state index in [0.717, 1.165) is 24.0 Å². The fourth-order valence-electron chi connectivity index (χ4n) is 6.99. The van der Waals surface area contributed by atoms with Gasteiger partial charge in [-0.05, 0) is 73.0 Å². The molecule has 3 heteroatoms. The highest BCUT2D eigenvalue weighted by atomic mass is 16.7. The number of ether oxygens (including phenoxy) is 2. The van der Waals surface area contributed by atoms with Gasteiger partial charge >= 0.3 is 0 Å². The molecule has 1 aromatic carbocycles. The zero-order valence-electron chi connectivity index (χ0n) is 14.3. The first kappa shape index (κ1) is 14.2. The van der Waals surface area contributed by atoms with E-state index in [2.05, 4.69) is 31.3 Å². The molecule has 2 atom stereocenters. The van der Waals surface area contributed by atoms with Gasteiger partial charge in [0.1, 0.15) is 0 Å². The van der Waals surface area contributed by atoms with Gasteiger partial charge in [0.15, 0.2) is 11.5 Å². The summed E-state index contributed by atoms with van der Waals surface area (Å²) in [6.45, 7) is 6.36. The first-order valence-electron chi connectivity index (χ1n) is 9.09. The Morgan fingerprint density at radius 3 is 2.48 bits per heavy atom. The van der Waals surface area contributed by atoms with E-state index in [-0.39, 0.29) is 0 Å². The summed E-state index contributed by atoms with van der Waals surface area (Å²) in [5, 5.41) is 3.99. The largest absolute Gasteiger partial charge is 0.454 e. The maximum Gasteiger partial charge on any atom is 0.231 e. The molecule has 4 saturated carbocycles. The van der Waals surface area contributed by atoms with Gasteiger partial charge in [0.25, 0.3) is 0 Å². The van der Waals surface area contributed by atoms with Crippen molar-refractivity contribution >= 4 is 0 Å². The lowest BCUT2D eigenvalue weighted by Crippen LogP contribution is -2.63. The Morgan fingerprint density at radius 1 is 1.00 bits per heavy atom. The second-order valence-electron chi connectivity index (χ2n) is 9.45. The van der Waals surface area contributed by atoms with Gasteiger partial charge in [-0.15, -0.1) is 0 Å². The van der Waals surface area contributed by atoms with E-state index in [9.17, 15) is 0 Å². The van der Waals surface area contributed by atoms with E-state index >= 15 is 0 Å². The Kier molecular flexibility index (Phi) is 2.73. The minimum absolute atomic E-state index is 0.356. The Hall–Kier alpha value is -1.22. The molecule has 4 bridgehead atoms. The maximum absolute atomic E-state index is 5.52. The van der Waals surface area contributed by atoms with Crippen molar-refractivity contribution in [1.82, 2.24) is 5.32 Å². The molecule has 2 unspecified atom stereocenters. The second-order valence-corrected chi connectivity index (χ2v) is 9.45. The highest BCUT2D eigenvalue weighted by Crippen LogP contribution is 2.66. The molecule has 1 heterocycles. The van der Waals surface area contributed by atoms with Gasteiger partial charge in [-0.2, -0.15) is 0 Å². The average molecular weight is 313 g/mol. The van der Waals surface area contributed by atoms with Gasteiger partial charge in [-0.25, -0.2) is 0 Å². The van der Waals surface area contributed by atoms with Crippen molar-refractivity contribution in [2.45, 2.75) is 64.5 Å². The predicted molar refractivity (Wildman–Crippen MR) is 89.5 cm³/mol. The molecule has 0 amide bonds. The van der Waals surface area contributed by atoms with Crippen LogP contribution in [0.5, 0.6) is 11.5 Å². The summed E-state index contributed by atoms with van der Waals surface area (Å²) in [5.41, 5.74) is 2.80. The van der Waals surface area contributed by atoms with Crippen LogP contribution in [-0.2, 0) is 6.54 Å². The molecule has 1 aliphatic heterocycles. The first-order chi connectivity index (χ1) is 11.0. The van der Waals surface area contributed by atoms with Crippen LogP contribution in [0.25, 0.3) is 0 Å². The Morgan fingerprint density at radius 2 is 1.74 bits per heavy atom. The van der Waals surface area contributed by atoms with Crippen LogP contribution >= 0.6 is 0 Å². The van der Waals surface area contributed by atoms with Crippen molar-refractivity contribution in [3.63, 3.8) is 0 Å². The van der Waals surface area contributed by atoms with Crippen LogP contribution in [0.2, 0.25) is 0 Å². The van der Waals surface area contributed by atoms with Crippen LogP contribution in [0.4, 0.5) is 0 Å². The molecule has 124 valence electrons. The van der Waals surface area contributed by atoms with Gasteiger partial charge in [-0.3, -0.25) is 0 Å². The monoisotopic (exact) mass is 313 g/mol.